The zero-order valence-electron chi connectivity index (χ0n) is 11.2. The number of anilines is 2. The second-order valence-corrected chi connectivity index (χ2v) is 5.38. The molecule has 0 aromatic heterocycles. The van der Waals surface area contributed by atoms with Crippen LogP contribution in [-0.4, -0.2) is 30.6 Å². The molecular formula is C15H21N3O. The smallest absolute Gasteiger partial charge is 0.321 e. The molecule has 2 aliphatic heterocycles. The summed E-state index contributed by atoms with van der Waals surface area (Å²) in [4.78, 5) is 14.0. The van der Waals surface area contributed by atoms with Gasteiger partial charge in [-0.15, -0.1) is 0 Å². The molecule has 102 valence electrons. The minimum absolute atomic E-state index is 0.0375. The van der Waals surface area contributed by atoms with Gasteiger partial charge in [-0.2, -0.15) is 0 Å². The zero-order chi connectivity index (χ0) is 13.1. The first-order valence-corrected chi connectivity index (χ1v) is 7.26. The van der Waals surface area contributed by atoms with Gasteiger partial charge in [-0.1, -0.05) is 6.07 Å². The highest BCUT2D eigenvalue weighted by Gasteiger charge is 2.17. The number of rotatable bonds is 1. The van der Waals surface area contributed by atoms with Crippen LogP contribution in [0.15, 0.2) is 18.2 Å². The standard InChI is InChI=1S/C15H21N3O/c19-15(18-9-2-1-3-10-18)17-13-7-6-12-5-4-8-16-14(12)11-13/h6-7,11,16H,1-5,8-10H2,(H,17,19). The quantitative estimate of drug-likeness (QED) is 0.814. The number of benzene rings is 1. The number of hydrogen-bond donors (Lipinski definition) is 2. The van der Waals surface area contributed by atoms with Crippen molar-refractivity contribution in [2.24, 2.45) is 0 Å². The van der Waals surface area contributed by atoms with E-state index in [-0.39, 0.29) is 6.03 Å². The molecular weight excluding hydrogens is 238 g/mol. The van der Waals surface area contributed by atoms with Crippen LogP contribution in [0.25, 0.3) is 0 Å². The van der Waals surface area contributed by atoms with E-state index in [4.69, 9.17) is 0 Å². The maximum Gasteiger partial charge on any atom is 0.321 e. The molecule has 0 bridgehead atoms. The van der Waals surface area contributed by atoms with Crippen molar-refractivity contribution in [1.82, 2.24) is 4.90 Å². The van der Waals surface area contributed by atoms with Gasteiger partial charge in [0.15, 0.2) is 0 Å². The Kier molecular flexibility index (Phi) is 3.58. The Hall–Kier alpha value is -1.71. The fraction of sp³-hybridized carbons (Fsp3) is 0.533. The topological polar surface area (TPSA) is 44.4 Å². The molecule has 0 spiro atoms. The van der Waals surface area contributed by atoms with Crippen molar-refractivity contribution >= 4 is 17.4 Å². The molecule has 1 aromatic rings. The molecule has 2 amide bonds. The van der Waals surface area contributed by atoms with E-state index in [1.807, 2.05) is 11.0 Å². The van der Waals surface area contributed by atoms with Gasteiger partial charge in [-0.3, -0.25) is 0 Å². The zero-order valence-corrected chi connectivity index (χ0v) is 11.2. The lowest BCUT2D eigenvalue weighted by Gasteiger charge is -2.27. The van der Waals surface area contributed by atoms with Crippen molar-refractivity contribution in [1.29, 1.82) is 0 Å². The number of hydrogen-bond acceptors (Lipinski definition) is 2. The van der Waals surface area contributed by atoms with Crippen LogP contribution >= 0.6 is 0 Å². The Morgan fingerprint density at radius 3 is 2.84 bits per heavy atom. The molecule has 1 fully saturated rings. The van der Waals surface area contributed by atoms with Crippen LogP contribution < -0.4 is 10.6 Å². The van der Waals surface area contributed by atoms with E-state index >= 15 is 0 Å². The van der Waals surface area contributed by atoms with Crippen LogP contribution in [0, 0.1) is 0 Å². The molecule has 0 saturated carbocycles. The number of carbonyl (C=O) groups excluding carboxylic acids is 1. The van der Waals surface area contributed by atoms with Gasteiger partial charge < -0.3 is 15.5 Å². The predicted molar refractivity (Wildman–Crippen MR) is 77.7 cm³/mol. The number of fused-ring (bicyclic) bond motifs is 1. The maximum absolute atomic E-state index is 12.1. The van der Waals surface area contributed by atoms with E-state index in [1.54, 1.807) is 0 Å². The summed E-state index contributed by atoms with van der Waals surface area (Å²) >= 11 is 0. The normalized spacial score (nSPS) is 18.4. The van der Waals surface area contributed by atoms with Crippen molar-refractivity contribution in [2.75, 3.05) is 30.3 Å². The lowest BCUT2D eigenvalue weighted by molar-refractivity contribution is 0.200. The molecule has 0 radical (unpaired) electrons. The summed E-state index contributed by atoms with van der Waals surface area (Å²) in [6.45, 7) is 2.79. The highest BCUT2D eigenvalue weighted by molar-refractivity contribution is 5.90. The molecule has 2 heterocycles. The number of nitrogens with one attached hydrogen (secondary N) is 2. The first-order chi connectivity index (χ1) is 9.33. The highest BCUT2D eigenvalue weighted by atomic mass is 16.2. The fourth-order valence-corrected chi connectivity index (χ4v) is 2.84. The molecule has 3 rings (SSSR count). The van der Waals surface area contributed by atoms with Crippen molar-refractivity contribution in [3.05, 3.63) is 23.8 Å². The molecule has 0 aliphatic carbocycles. The van der Waals surface area contributed by atoms with Gasteiger partial charge in [0.1, 0.15) is 0 Å². The summed E-state index contributed by atoms with van der Waals surface area (Å²) in [6.07, 6.45) is 5.81. The first-order valence-electron chi connectivity index (χ1n) is 7.26. The van der Waals surface area contributed by atoms with E-state index in [0.717, 1.165) is 44.6 Å². The van der Waals surface area contributed by atoms with Gasteiger partial charge in [0, 0.05) is 31.0 Å². The SMILES string of the molecule is O=C(Nc1ccc2c(c1)NCCC2)N1CCCCC1. The van der Waals surface area contributed by atoms with Crippen LogP contribution in [-0.2, 0) is 6.42 Å². The summed E-state index contributed by atoms with van der Waals surface area (Å²) in [7, 11) is 0. The molecule has 1 saturated heterocycles. The third kappa shape index (κ3) is 2.83. The molecule has 2 aliphatic rings. The van der Waals surface area contributed by atoms with Crippen molar-refractivity contribution < 1.29 is 4.79 Å². The fourth-order valence-electron chi connectivity index (χ4n) is 2.84. The summed E-state index contributed by atoms with van der Waals surface area (Å²) in [6, 6.07) is 6.22. The minimum Gasteiger partial charge on any atom is -0.385 e. The highest BCUT2D eigenvalue weighted by Crippen LogP contribution is 2.25. The lowest BCUT2D eigenvalue weighted by Crippen LogP contribution is -2.38. The van der Waals surface area contributed by atoms with Gasteiger partial charge in [0.05, 0.1) is 0 Å². The number of amides is 2. The minimum atomic E-state index is 0.0375. The Bertz CT molecular complexity index is 466. The molecule has 19 heavy (non-hydrogen) atoms. The van der Waals surface area contributed by atoms with Crippen LogP contribution in [0.3, 0.4) is 0 Å². The summed E-state index contributed by atoms with van der Waals surface area (Å²) in [5.41, 5.74) is 3.41. The van der Waals surface area contributed by atoms with E-state index in [1.165, 1.54) is 24.1 Å². The van der Waals surface area contributed by atoms with E-state index in [0.29, 0.717) is 0 Å². The number of aryl methyl sites for hydroxylation is 1. The van der Waals surface area contributed by atoms with Crippen molar-refractivity contribution in [3.8, 4) is 0 Å². The Morgan fingerprint density at radius 2 is 2.00 bits per heavy atom. The van der Waals surface area contributed by atoms with Gasteiger partial charge in [-0.05, 0) is 49.8 Å². The van der Waals surface area contributed by atoms with E-state index in [2.05, 4.69) is 22.8 Å². The number of likely N-dealkylation sites (tertiary alicyclic amines) is 1. The van der Waals surface area contributed by atoms with Crippen molar-refractivity contribution in [2.45, 2.75) is 32.1 Å². The summed E-state index contributed by atoms with van der Waals surface area (Å²) < 4.78 is 0. The molecule has 4 nitrogen and oxygen atoms in total. The predicted octanol–water partition coefficient (Wildman–Crippen LogP) is 3.06. The van der Waals surface area contributed by atoms with Crippen LogP contribution in [0.5, 0.6) is 0 Å². The second kappa shape index (κ2) is 5.51. The molecule has 1 aromatic carbocycles. The molecule has 4 heteroatoms. The van der Waals surface area contributed by atoms with Crippen LogP contribution in [0.4, 0.5) is 16.2 Å². The average molecular weight is 259 g/mol. The van der Waals surface area contributed by atoms with Gasteiger partial charge in [0.2, 0.25) is 0 Å². The average Bonchev–Trinajstić information content (AvgIpc) is 2.48. The summed E-state index contributed by atoms with van der Waals surface area (Å²) in [5, 5.41) is 6.40. The van der Waals surface area contributed by atoms with Gasteiger partial charge >= 0.3 is 6.03 Å². The Morgan fingerprint density at radius 1 is 1.16 bits per heavy atom. The maximum atomic E-state index is 12.1. The number of piperidine rings is 1. The van der Waals surface area contributed by atoms with E-state index in [9.17, 15) is 4.79 Å². The number of urea groups is 1. The van der Waals surface area contributed by atoms with Gasteiger partial charge in [0.25, 0.3) is 0 Å². The van der Waals surface area contributed by atoms with E-state index < -0.39 is 0 Å². The van der Waals surface area contributed by atoms with Crippen LogP contribution in [0.1, 0.15) is 31.2 Å². The molecule has 0 atom stereocenters. The Balaban J connectivity index is 1.67. The van der Waals surface area contributed by atoms with Crippen LogP contribution in [0.2, 0.25) is 0 Å². The lowest BCUT2D eigenvalue weighted by atomic mass is 10.0. The third-order valence-electron chi connectivity index (χ3n) is 3.94. The van der Waals surface area contributed by atoms with Gasteiger partial charge in [-0.25, -0.2) is 4.79 Å². The Labute approximate surface area is 114 Å². The second-order valence-electron chi connectivity index (χ2n) is 5.38. The molecule has 2 N–H and O–H groups in total. The summed E-state index contributed by atoms with van der Waals surface area (Å²) in [5.74, 6) is 0. The largest absolute Gasteiger partial charge is 0.385 e. The monoisotopic (exact) mass is 259 g/mol. The number of carbonyl (C=O) groups is 1. The first kappa shape index (κ1) is 12.3. The molecule has 0 unspecified atom stereocenters. The third-order valence-corrected chi connectivity index (χ3v) is 3.94. The number of nitrogens with zero attached hydrogens (tertiary/aromatic N) is 1. The van der Waals surface area contributed by atoms with Crippen molar-refractivity contribution in [3.63, 3.8) is 0 Å².